The van der Waals surface area contributed by atoms with Gasteiger partial charge in [0.15, 0.2) is 0 Å². The van der Waals surface area contributed by atoms with E-state index < -0.39 is 11.9 Å². The molecule has 3 rings (SSSR count). The van der Waals surface area contributed by atoms with Crippen molar-refractivity contribution >= 4 is 34.3 Å². The molecule has 162 valence electrons. The van der Waals surface area contributed by atoms with Crippen LogP contribution in [0.2, 0.25) is 0 Å². The third-order valence-corrected chi connectivity index (χ3v) is 6.16. The number of carbonyl (C=O) groups is 2. The molecule has 1 aliphatic carbocycles. The van der Waals surface area contributed by atoms with Crippen molar-refractivity contribution in [2.75, 3.05) is 18.5 Å². The maximum atomic E-state index is 12.8. The smallest absolute Gasteiger partial charge is 0.341 e. The topological polar surface area (TPSA) is 88.4 Å². The van der Waals surface area contributed by atoms with Gasteiger partial charge >= 0.3 is 5.97 Å². The number of anilines is 1. The first-order chi connectivity index (χ1) is 15.1. The number of ether oxygens (including phenoxy) is 2. The van der Waals surface area contributed by atoms with Crippen LogP contribution in [0.1, 0.15) is 59.5 Å². The van der Waals surface area contributed by atoms with E-state index in [0.717, 1.165) is 48.3 Å². The van der Waals surface area contributed by atoms with E-state index in [1.165, 1.54) is 17.4 Å². The number of thiophene rings is 1. The van der Waals surface area contributed by atoms with E-state index in [4.69, 9.17) is 9.47 Å². The van der Waals surface area contributed by atoms with Crippen molar-refractivity contribution in [1.82, 2.24) is 0 Å². The second-order valence-corrected chi connectivity index (χ2v) is 8.28. The highest BCUT2D eigenvalue weighted by molar-refractivity contribution is 7.17. The fraction of sp³-hybridized carbons (Fsp3) is 0.375. The summed E-state index contributed by atoms with van der Waals surface area (Å²) in [5, 5.41) is 12.7. The highest BCUT2D eigenvalue weighted by Crippen LogP contribution is 2.39. The Morgan fingerprint density at radius 3 is 2.68 bits per heavy atom. The molecular formula is C24H26N2O4S. The van der Waals surface area contributed by atoms with Gasteiger partial charge in [-0.05, 0) is 61.9 Å². The standard InChI is InChI=1S/C24H26N2O4S/c1-3-5-13-30-18-11-9-16(10-12-18)14-17(15-25)22(27)26-23-21(24(28)29-4-2)19-7-6-8-20(19)31-23/h9-12,14H,3-8,13H2,1-2H3,(H,26,27). The molecule has 0 unspecified atom stereocenters. The summed E-state index contributed by atoms with van der Waals surface area (Å²) in [7, 11) is 0. The van der Waals surface area contributed by atoms with Gasteiger partial charge in [-0.3, -0.25) is 4.79 Å². The lowest BCUT2D eigenvalue weighted by Gasteiger charge is -2.08. The lowest BCUT2D eigenvalue weighted by atomic mass is 10.1. The number of nitrogens with one attached hydrogen (secondary N) is 1. The Hall–Kier alpha value is -3.11. The number of carbonyl (C=O) groups excluding carboxylic acids is 2. The number of amides is 1. The average molecular weight is 439 g/mol. The number of benzene rings is 1. The third-order valence-electron chi connectivity index (χ3n) is 4.95. The van der Waals surface area contributed by atoms with Gasteiger partial charge in [-0.15, -0.1) is 11.3 Å². The monoisotopic (exact) mass is 438 g/mol. The molecule has 0 atom stereocenters. The Morgan fingerprint density at radius 1 is 1.23 bits per heavy atom. The van der Waals surface area contributed by atoms with Crippen LogP contribution in [0.4, 0.5) is 5.00 Å². The highest BCUT2D eigenvalue weighted by atomic mass is 32.1. The summed E-state index contributed by atoms with van der Waals surface area (Å²) < 4.78 is 10.8. The van der Waals surface area contributed by atoms with Crippen molar-refractivity contribution in [2.45, 2.75) is 46.0 Å². The zero-order chi connectivity index (χ0) is 22.2. The van der Waals surface area contributed by atoms with Gasteiger partial charge in [-0.25, -0.2) is 4.79 Å². The van der Waals surface area contributed by atoms with Gasteiger partial charge in [0.25, 0.3) is 5.91 Å². The van der Waals surface area contributed by atoms with E-state index in [2.05, 4.69) is 12.2 Å². The Morgan fingerprint density at radius 2 is 2.00 bits per heavy atom. The van der Waals surface area contributed by atoms with Gasteiger partial charge in [0.2, 0.25) is 0 Å². The van der Waals surface area contributed by atoms with E-state index in [1.54, 1.807) is 19.1 Å². The molecule has 1 aromatic heterocycles. The van der Waals surface area contributed by atoms with Crippen LogP contribution < -0.4 is 10.1 Å². The Kier molecular flexibility index (Phi) is 7.85. The van der Waals surface area contributed by atoms with Crippen LogP contribution in [-0.2, 0) is 22.4 Å². The van der Waals surface area contributed by atoms with Crippen molar-refractivity contribution in [1.29, 1.82) is 5.26 Å². The number of unbranched alkanes of at least 4 members (excludes halogenated alkanes) is 1. The van der Waals surface area contributed by atoms with Gasteiger partial charge in [0.05, 0.1) is 18.8 Å². The minimum absolute atomic E-state index is 0.0389. The second-order valence-electron chi connectivity index (χ2n) is 7.18. The Labute approximate surface area is 186 Å². The zero-order valence-corrected chi connectivity index (χ0v) is 18.6. The third kappa shape index (κ3) is 5.53. The van der Waals surface area contributed by atoms with Gasteiger partial charge < -0.3 is 14.8 Å². The van der Waals surface area contributed by atoms with E-state index in [-0.39, 0.29) is 12.2 Å². The summed E-state index contributed by atoms with van der Waals surface area (Å²) in [6.07, 6.45) is 6.24. The largest absolute Gasteiger partial charge is 0.494 e. The number of fused-ring (bicyclic) bond motifs is 1. The minimum atomic E-state index is -0.545. The normalized spacial score (nSPS) is 12.7. The second kappa shape index (κ2) is 10.8. The average Bonchev–Trinajstić information content (AvgIpc) is 3.34. The molecule has 1 aromatic carbocycles. The van der Waals surface area contributed by atoms with Gasteiger partial charge in [0.1, 0.15) is 22.4 Å². The van der Waals surface area contributed by atoms with Crippen LogP contribution in [0.5, 0.6) is 5.75 Å². The first-order valence-corrected chi connectivity index (χ1v) is 11.4. The van der Waals surface area contributed by atoms with Crippen LogP contribution in [0.3, 0.4) is 0 Å². The number of nitriles is 1. The van der Waals surface area contributed by atoms with Crippen LogP contribution in [0.25, 0.3) is 6.08 Å². The molecule has 0 aliphatic heterocycles. The van der Waals surface area contributed by atoms with Crippen molar-refractivity contribution in [3.05, 3.63) is 51.4 Å². The molecule has 0 saturated carbocycles. The minimum Gasteiger partial charge on any atom is -0.494 e. The Balaban J connectivity index is 1.76. The summed E-state index contributed by atoms with van der Waals surface area (Å²) >= 11 is 1.39. The van der Waals surface area contributed by atoms with E-state index in [1.807, 2.05) is 18.2 Å². The fourth-order valence-corrected chi connectivity index (χ4v) is 4.66. The molecule has 0 saturated heterocycles. The predicted molar refractivity (Wildman–Crippen MR) is 121 cm³/mol. The van der Waals surface area contributed by atoms with Gasteiger partial charge in [-0.2, -0.15) is 5.26 Å². The first kappa shape index (κ1) is 22.6. The molecule has 0 bridgehead atoms. The maximum Gasteiger partial charge on any atom is 0.341 e. The molecule has 1 aliphatic rings. The van der Waals surface area contributed by atoms with Gasteiger partial charge in [0, 0.05) is 4.88 Å². The highest BCUT2D eigenvalue weighted by Gasteiger charge is 2.28. The van der Waals surface area contributed by atoms with Crippen LogP contribution in [0, 0.1) is 11.3 Å². The molecule has 0 fully saturated rings. The van der Waals surface area contributed by atoms with E-state index in [9.17, 15) is 14.9 Å². The quantitative estimate of drug-likeness (QED) is 0.253. The molecule has 6 nitrogen and oxygen atoms in total. The first-order valence-electron chi connectivity index (χ1n) is 10.5. The van der Waals surface area contributed by atoms with Crippen molar-refractivity contribution in [3.63, 3.8) is 0 Å². The predicted octanol–water partition coefficient (Wildman–Crippen LogP) is 5.14. The number of nitrogens with zero attached hydrogens (tertiary/aromatic N) is 1. The lowest BCUT2D eigenvalue weighted by Crippen LogP contribution is -2.16. The number of aryl methyl sites for hydroxylation is 1. The molecule has 31 heavy (non-hydrogen) atoms. The van der Waals surface area contributed by atoms with E-state index >= 15 is 0 Å². The molecule has 7 heteroatoms. The summed E-state index contributed by atoms with van der Waals surface area (Å²) in [5.41, 5.74) is 2.07. The lowest BCUT2D eigenvalue weighted by molar-refractivity contribution is -0.112. The van der Waals surface area contributed by atoms with Crippen molar-refractivity contribution in [2.24, 2.45) is 0 Å². The summed E-state index contributed by atoms with van der Waals surface area (Å²) in [5.74, 6) is -0.227. The molecule has 0 spiro atoms. The number of esters is 1. The van der Waals surface area contributed by atoms with Crippen LogP contribution >= 0.6 is 11.3 Å². The van der Waals surface area contributed by atoms with Gasteiger partial charge in [-0.1, -0.05) is 25.5 Å². The fourth-order valence-electron chi connectivity index (χ4n) is 3.39. The zero-order valence-electron chi connectivity index (χ0n) is 17.8. The summed E-state index contributed by atoms with van der Waals surface area (Å²) in [6.45, 7) is 4.77. The molecule has 0 radical (unpaired) electrons. The maximum absolute atomic E-state index is 12.8. The number of rotatable bonds is 9. The SMILES string of the molecule is CCCCOc1ccc(C=C(C#N)C(=O)Nc2sc3c(c2C(=O)OCC)CCC3)cc1. The molecule has 2 aromatic rings. The van der Waals surface area contributed by atoms with Crippen molar-refractivity contribution in [3.8, 4) is 11.8 Å². The summed E-state index contributed by atoms with van der Waals surface area (Å²) in [6, 6.07) is 9.19. The summed E-state index contributed by atoms with van der Waals surface area (Å²) in [4.78, 5) is 26.3. The Bertz CT molecular complexity index is 1020. The number of hydrogen-bond acceptors (Lipinski definition) is 6. The molecular weight excluding hydrogens is 412 g/mol. The number of hydrogen-bond donors (Lipinski definition) is 1. The van der Waals surface area contributed by atoms with Crippen LogP contribution in [0.15, 0.2) is 29.8 Å². The van der Waals surface area contributed by atoms with Crippen LogP contribution in [-0.4, -0.2) is 25.1 Å². The molecule has 1 N–H and O–H groups in total. The van der Waals surface area contributed by atoms with Crippen molar-refractivity contribution < 1.29 is 19.1 Å². The van der Waals surface area contributed by atoms with E-state index in [0.29, 0.717) is 22.7 Å². The molecule has 1 heterocycles. The molecule has 1 amide bonds.